The van der Waals surface area contributed by atoms with Gasteiger partial charge in [-0.2, -0.15) is 0 Å². The fourth-order valence-corrected chi connectivity index (χ4v) is 2.98. The number of nitrogens with zero attached hydrogens (tertiary/aromatic N) is 2. The molecular formula is C15H21ClN2O. The van der Waals surface area contributed by atoms with Crippen LogP contribution in [0.3, 0.4) is 0 Å². The van der Waals surface area contributed by atoms with Gasteiger partial charge in [-0.3, -0.25) is 9.78 Å². The monoisotopic (exact) mass is 280 g/mol. The average Bonchev–Trinajstić information content (AvgIpc) is 2.65. The Balaban J connectivity index is 2.02. The van der Waals surface area contributed by atoms with Crippen molar-refractivity contribution in [3.05, 3.63) is 29.0 Å². The van der Waals surface area contributed by atoms with E-state index in [0.717, 1.165) is 31.8 Å². The van der Waals surface area contributed by atoms with Crippen molar-refractivity contribution < 1.29 is 4.79 Å². The summed E-state index contributed by atoms with van der Waals surface area (Å²) in [6.45, 7) is 3.92. The van der Waals surface area contributed by atoms with E-state index in [1.165, 1.54) is 25.5 Å². The molecule has 2 rings (SSSR count). The molecule has 0 radical (unpaired) electrons. The summed E-state index contributed by atoms with van der Waals surface area (Å²) in [6, 6.07) is 1.71. The summed E-state index contributed by atoms with van der Waals surface area (Å²) in [5.41, 5.74) is 0.575. The van der Waals surface area contributed by atoms with Crippen LogP contribution >= 0.6 is 11.6 Å². The van der Waals surface area contributed by atoms with E-state index in [2.05, 4.69) is 11.9 Å². The summed E-state index contributed by atoms with van der Waals surface area (Å²) in [5.74, 6) is 0.820. The molecule has 1 aliphatic rings. The minimum absolute atomic E-state index is 0.0459. The van der Waals surface area contributed by atoms with Crippen molar-refractivity contribution in [1.82, 2.24) is 9.88 Å². The molecule has 0 N–H and O–H groups in total. The zero-order valence-corrected chi connectivity index (χ0v) is 12.2. The first-order chi connectivity index (χ1) is 9.22. The van der Waals surface area contributed by atoms with Crippen molar-refractivity contribution in [2.24, 2.45) is 5.92 Å². The molecule has 0 aromatic carbocycles. The van der Waals surface area contributed by atoms with E-state index in [0.29, 0.717) is 10.6 Å². The molecule has 0 spiro atoms. The molecule has 1 fully saturated rings. The normalized spacial score (nSPS) is 20.1. The van der Waals surface area contributed by atoms with Crippen LogP contribution in [0, 0.1) is 5.92 Å². The van der Waals surface area contributed by atoms with Crippen molar-refractivity contribution in [2.75, 3.05) is 13.1 Å². The third kappa shape index (κ3) is 3.69. The predicted molar refractivity (Wildman–Crippen MR) is 77.4 cm³/mol. The summed E-state index contributed by atoms with van der Waals surface area (Å²) in [4.78, 5) is 18.3. The van der Waals surface area contributed by atoms with Gasteiger partial charge in [-0.15, -0.1) is 0 Å². The molecule has 1 atom stereocenters. The Morgan fingerprint density at radius 1 is 1.47 bits per heavy atom. The smallest absolute Gasteiger partial charge is 0.255 e. The molecule has 1 aromatic heterocycles. The van der Waals surface area contributed by atoms with Crippen LogP contribution in [0.15, 0.2) is 18.5 Å². The molecule has 104 valence electrons. The summed E-state index contributed by atoms with van der Waals surface area (Å²) in [6.07, 6.45) is 9.11. The molecule has 1 aromatic rings. The van der Waals surface area contributed by atoms with Gasteiger partial charge in [0.25, 0.3) is 5.91 Å². The maximum Gasteiger partial charge on any atom is 0.255 e. The van der Waals surface area contributed by atoms with Crippen LogP contribution in [-0.4, -0.2) is 28.9 Å². The van der Waals surface area contributed by atoms with Crippen LogP contribution in [0.5, 0.6) is 0 Å². The SMILES string of the molecule is CCCC1CCCN(C(=O)c2ccncc2Cl)CC1. The zero-order valence-electron chi connectivity index (χ0n) is 11.4. The number of likely N-dealkylation sites (tertiary alicyclic amines) is 1. The fraction of sp³-hybridized carbons (Fsp3) is 0.600. The quantitative estimate of drug-likeness (QED) is 0.844. The molecule has 2 heterocycles. The van der Waals surface area contributed by atoms with Gasteiger partial charge in [-0.25, -0.2) is 0 Å². The number of aromatic nitrogens is 1. The van der Waals surface area contributed by atoms with E-state index in [1.807, 2.05) is 4.90 Å². The number of rotatable bonds is 3. The lowest BCUT2D eigenvalue weighted by molar-refractivity contribution is 0.0760. The Morgan fingerprint density at radius 2 is 2.32 bits per heavy atom. The van der Waals surface area contributed by atoms with E-state index in [1.54, 1.807) is 12.3 Å². The van der Waals surface area contributed by atoms with Crippen molar-refractivity contribution in [3.8, 4) is 0 Å². The molecule has 3 nitrogen and oxygen atoms in total. The second-order valence-corrected chi connectivity index (χ2v) is 5.64. The van der Waals surface area contributed by atoms with Gasteiger partial charge in [-0.1, -0.05) is 31.4 Å². The molecule has 19 heavy (non-hydrogen) atoms. The third-order valence-electron chi connectivity index (χ3n) is 3.83. The lowest BCUT2D eigenvalue weighted by Crippen LogP contribution is -2.32. The number of carbonyl (C=O) groups excluding carboxylic acids is 1. The highest BCUT2D eigenvalue weighted by Crippen LogP contribution is 2.24. The Bertz CT molecular complexity index is 436. The minimum atomic E-state index is 0.0459. The lowest BCUT2D eigenvalue weighted by Gasteiger charge is -2.21. The Hall–Kier alpha value is -1.09. The van der Waals surface area contributed by atoms with E-state index >= 15 is 0 Å². The second-order valence-electron chi connectivity index (χ2n) is 5.23. The van der Waals surface area contributed by atoms with Gasteiger partial charge in [0.15, 0.2) is 0 Å². The van der Waals surface area contributed by atoms with Gasteiger partial charge in [0.05, 0.1) is 10.6 Å². The van der Waals surface area contributed by atoms with Crippen LogP contribution < -0.4 is 0 Å². The van der Waals surface area contributed by atoms with Crippen molar-refractivity contribution in [3.63, 3.8) is 0 Å². The highest BCUT2D eigenvalue weighted by molar-refractivity contribution is 6.33. The number of pyridine rings is 1. The van der Waals surface area contributed by atoms with Crippen LogP contribution in [0.1, 0.15) is 49.4 Å². The summed E-state index contributed by atoms with van der Waals surface area (Å²) < 4.78 is 0. The van der Waals surface area contributed by atoms with Gasteiger partial charge in [0.2, 0.25) is 0 Å². The Morgan fingerprint density at radius 3 is 3.05 bits per heavy atom. The topological polar surface area (TPSA) is 33.2 Å². The molecular weight excluding hydrogens is 260 g/mol. The first kappa shape index (κ1) is 14.3. The van der Waals surface area contributed by atoms with Crippen LogP contribution in [0.25, 0.3) is 0 Å². The molecule has 0 bridgehead atoms. The van der Waals surface area contributed by atoms with Gasteiger partial charge >= 0.3 is 0 Å². The predicted octanol–water partition coefficient (Wildman–Crippen LogP) is 3.78. The average molecular weight is 281 g/mol. The van der Waals surface area contributed by atoms with Crippen LogP contribution in [0.4, 0.5) is 0 Å². The molecule has 0 saturated carbocycles. The highest BCUT2D eigenvalue weighted by atomic mass is 35.5. The molecule has 4 heteroatoms. The first-order valence-electron chi connectivity index (χ1n) is 7.11. The number of halogens is 1. The zero-order chi connectivity index (χ0) is 13.7. The first-order valence-corrected chi connectivity index (χ1v) is 7.49. The molecule has 1 aliphatic heterocycles. The standard InChI is InChI=1S/C15H21ClN2O/c1-2-4-12-5-3-9-18(10-7-12)15(19)13-6-8-17-11-14(13)16/h6,8,11-12H,2-5,7,9-10H2,1H3. The van der Waals surface area contributed by atoms with Crippen LogP contribution in [0.2, 0.25) is 5.02 Å². The Kier molecular flexibility index (Phi) is 5.20. The summed E-state index contributed by atoms with van der Waals surface area (Å²) >= 11 is 6.05. The second kappa shape index (κ2) is 6.90. The number of hydrogen-bond donors (Lipinski definition) is 0. The molecule has 1 saturated heterocycles. The van der Waals surface area contributed by atoms with Gasteiger partial charge in [-0.05, 0) is 31.2 Å². The Labute approximate surface area is 120 Å². The van der Waals surface area contributed by atoms with Gasteiger partial charge in [0.1, 0.15) is 0 Å². The van der Waals surface area contributed by atoms with E-state index < -0.39 is 0 Å². The van der Waals surface area contributed by atoms with Crippen molar-refractivity contribution in [2.45, 2.75) is 39.0 Å². The van der Waals surface area contributed by atoms with E-state index in [4.69, 9.17) is 11.6 Å². The van der Waals surface area contributed by atoms with Crippen molar-refractivity contribution in [1.29, 1.82) is 0 Å². The number of carbonyl (C=O) groups is 1. The molecule has 1 unspecified atom stereocenters. The minimum Gasteiger partial charge on any atom is -0.339 e. The summed E-state index contributed by atoms with van der Waals surface area (Å²) in [7, 11) is 0. The third-order valence-corrected chi connectivity index (χ3v) is 4.14. The fourth-order valence-electron chi connectivity index (χ4n) is 2.78. The van der Waals surface area contributed by atoms with Gasteiger partial charge < -0.3 is 4.90 Å². The largest absolute Gasteiger partial charge is 0.339 e. The maximum absolute atomic E-state index is 12.5. The lowest BCUT2D eigenvalue weighted by atomic mass is 9.96. The van der Waals surface area contributed by atoms with Gasteiger partial charge in [0, 0.05) is 25.5 Å². The molecule has 0 aliphatic carbocycles. The summed E-state index contributed by atoms with van der Waals surface area (Å²) in [5, 5.41) is 0.446. The number of hydrogen-bond acceptors (Lipinski definition) is 2. The van der Waals surface area contributed by atoms with E-state index in [-0.39, 0.29) is 5.91 Å². The number of amides is 1. The van der Waals surface area contributed by atoms with Crippen LogP contribution in [-0.2, 0) is 0 Å². The van der Waals surface area contributed by atoms with Crippen molar-refractivity contribution >= 4 is 17.5 Å². The van der Waals surface area contributed by atoms with E-state index in [9.17, 15) is 4.79 Å². The maximum atomic E-state index is 12.5. The highest BCUT2D eigenvalue weighted by Gasteiger charge is 2.22. The molecule has 1 amide bonds.